The zero-order valence-corrected chi connectivity index (χ0v) is 10.8. The van der Waals surface area contributed by atoms with Crippen molar-refractivity contribution < 1.29 is 4.74 Å². The van der Waals surface area contributed by atoms with Crippen LogP contribution in [0, 0.1) is 11.3 Å². The van der Waals surface area contributed by atoms with Crippen LogP contribution in [0.1, 0.15) is 11.4 Å². The highest BCUT2D eigenvalue weighted by Gasteiger charge is 2.06. The van der Waals surface area contributed by atoms with Crippen LogP contribution >= 0.6 is 15.9 Å². The molecule has 0 fully saturated rings. The van der Waals surface area contributed by atoms with Gasteiger partial charge >= 0.3 is 0 Å². The number of nitrogens with zero attached hydrogens (tertiary/aromatic N) is 3. The van der Waals surface area contributed by atoms with Crippen LogP contribution in [0.5, 0.6) is 5.75 Å². The van der Waals surface area contributed by atoms with E-state index in [0.29, 0.717) is 17.9 Å². The van der Waals surface area contributed by atoms with Crippen LogP contribution in [0.15, 0.2) is 35.1 Å². The second kappa shape index (κ2) is 5.02. The van der Waals surface area contributed by atoms with Crippen molar-refractivity contribution in [2.75, 3.05) is 0 Å². The second-order valence-corrected chi connectivity index (χ2v) is 4.41. The van der Waals surface area contributed by atoms with Crippen LogP contribution in [-0.2, 0) is 13.7 Å². The third kappa shape index (κ3) is 2.66. The van der Waals surface area contributed by atoms with Crippen LogP contribution in [0.4, 0.5) is 0 Å². The Kier molecular flexibility index (Phi) is 3.45. The summed E-state index contributed by atoms with van der Waals surface area (Å²) in [7, 11) is 1.90. The van der Waals surface area contributed by atoms with Gasteiger partial charge in [0.05, 0.1) is 5.56 Å². The fourth-order valence-electron chi connectivity index (χ4n) is 1.39. The lowest BCUT2D eigenvalue weighted by Gasteiger charge is -2.07. The highest BCUT2D eigenvalue weighted by molar-refractivity contribution is 9.10. The maximum absolute atomic E-state index is 8.98. The normalized spacial score (nSPS) is 9.94. The Morgan fingerprint density at radius 1 is 1.53 bits per heavy atom. The highest BCUT2D eigenvalue weighted by Crippen LogP contribution is 2.23. The first-order valence-electron chi connectivity index (χ1n) is 4.99. The van der Waals surface area contributed by atoms with E-state index in [9.17, 15) is 0 Å². The van der Waals surface area contributed by atoms with Crippen molar-refractivity contribution in [1.82, 2.24) is 9.55 Å². The molecule has 5 heteroatoms. The van der Waals surface area contributed by atoms with Crippen molar-refractivity contribution in [2.45, 2.75) is 6.61 Å². The summed E-state index contributed by atoms with van der Waals surface area (Å²) in [6, 6.07) is 7.44. The molecule has 0 N–H and O–H groups in total. The standard InChI is InChI=1S/C12H10BrN3O/c1-16-5-4-15-12(16)8-17-11-3-2-10(13)6-9(11)7-14/h2-6H,8H2,1H3. The van der Waals surface area contributed by atoms with E-state index in [4.69, 9.17) is 10.00 Å². The smallest absolute Gasteiger partial charge is 0.146 e. The largest absolute Gasteiger partial charge is 0.484 e. The molecule has 4 nitrogen and oxygen atoms in total. The molecule has 0 saturated carbocycles. The van der Waals surface area contributed by atoms with Crippen LogP contribution < -0.4 is 4.74 Å². The molecule has 2 aromatic rings. The van der Waals surface area contributed by atoms with E-state index in [0.717, 1.165) is 10.3 Å². The number of aryl methyl sites for hydroxylation is 1. The highest BCUT2D eigenvalue weighted by atomic mass is 79.9. The van der Waals surface area contributed by atoms with E-state index >= 15 is 0 Å². The Morgan fingerprint density at radius 3 is 3.00 bits per heavy atom. The molecule has 0 aliphatic rings. The van der Waals surface area contributed by atoms with Crippen molar-refractivity contribution in [3.05, 3.63) is 46.5 Å². The monoisotopic (exact) mass is 291 g/mol. The first-order chi connectivity index (χ1) is 8.20. The van der Waals surface area contributed by atoms with Crippen LogP contribution in [0.2, 0.25) is 0 Å². The average Bonchev–Trinajstić information content (AvgIpc) is 2.73. The Balaban J connectivity index is 2.15. The molecule has 0 atom stereocenters. The van der Waals surface area contributed by atoms with Gasteiger partial charge in [-0.2, -0.15) is 5.26 Å². The Hall–Kier alpha value is -1.80. The lowest BCUT2D eigenvalue weighted by atomic mass is 10.2. The topological polar surface area (TPSA) is 50.8 Å². The Labute approximate surface area is 108 Å². The van der Waals surface area contributed by atoms with Gasteiger partial charge in [-0.1, -0.05) is 15.9 Å². The first kappa shape index (κ1) is 11.7. The predicted octanol–water partition coefficient (Wildman–Crippen LogP) is 2.63. The van der Waals surface area contributed by atoms with Gasteiger partial charge < -0.3 is 9.30 Å². The number of hydrogen-bond donors (Lipinski definition) is 0. The third-order valence-electron chi connectivity index (χ3n) is 2.34. The lowest BCUT2D eigenvalue weighted by molar-refractivity contribution is 0.291. The number of nitriles is 1. The number of imidazole rings is 1. The fourth-order valence-corrected chi connectivity index (χ4v) is 1.75. The molecule has 2 rings (SSSR count). The zero-order valence-electron chi connectivity index (χ0n) is 9.22. The summed E-state index contributed by atoms with van der Waals surface area (Å²) in [6.45, 7) is 0.347. The molecule has 1 aromatic heterocycles. The molecule has 0 amide bonds. The summed E-state index contributed by atoms with van der Waals surface area (Å²) in [5.74, 6) is 1.38. The van der Waals surface area contributed by atoms with Gasteiger partial charge in [-0.05, 0) is 18.2 Å². The Bertz CT molecular complexity index is 571. The van der Waals surface area contributed by atoms with Gasteiger partial charge in [0.2, 0.25) is 0 Å². The van der Waals surface area contributed by atoms with Crippen molar-refractivity contribution in [3.8, 4) is 11.8 Å². The number of rotatable bonds is 3. The van der Waals surface area contributed by atoms with E-state index in [2.05, 4.69) is 27.0 Å². The molecule has 0 radical (unpaired) electrons. The molecular weight excluding hydrogens is 282 g/mol. The SMILES string of the molecule is Cn1ccnc1COc1ccc(Br)cc1C#N. The van der Waals surface area contributed by atoms with Gasteiger partial charge in [-0.25, -0.2) is 4.98 Å². The van der Waals surface area contributed by atoms with Gasteiger partial charge in [0.1, 0.15) is 24.3 Å². The van der Waals surface area contributed by atoms with Crippen LogP contribution in [0.25, 0.3) is 0 Å². The molecule has 17 heavy (non-hydrogen) atoms. The predicted molar refractivity (Wildman–Crippen MR) is 66.4 cm³/mol. The van der Waals surface area contributed by atoms with E-state index in [1.165, 1.54) is 0 Å². The van der Waals surface area contributed by atoms with Crippen molar-refractivity contribution >= 4 is 15.9 Å². The number of hydrogen-bond acceptors (Lipinski definition) is 3. The minimum Gasteiger partial charge on any atom is -0.484 e. The summed E-state index contributed by atoms with van der Waals surface area (Å²) in [5.41, 5.74) is 0.508. The molecule has 0 bridgehead atoms. The fraction of sp³-hybridized carbons (Fsp3) is 0.167. The average molecular weight is 292 g/mol. The van der Waals surface area contributed by atoms with Gasteiger partial charge in [0, 0.05) is 23.9 Å². The lowest BCUT2D eigenvalue weighted by Crippen LogP contribution is -2.03. The van der Waals surface area contributed by atoms with Crippen molar-refractivity contribution in [1.29, 1.82) is 5.26 Å². The zero-order chi connectivity index (χ0) is 12.3. The van der Waals surface area contributed by atoms with Crippen molar-refractivity contribution in [2.24, 2.45) is 7.05 Å². The summed E-state index contributed by atoms with van der Waals surface area (Å²) < 4.78 is 8.32. The van der Waals surface area contributed by atoms with Gasteiger partial charge in [-0.15, -0.1) is 0 Å². The number of halogens is 1. The molecule has 1 heterocycles. The minimum atomic E-state index is 0.347. The molecule has 86 valence electrons. The maximum Gasteiger partial charge on any atom is 0.146 e. The maximum atomic E-state index is 8.98. The van der Waals surface area contributed by atoms with Gasteiger partial charge in [0.25, 0.3) is 0 Å². The summed E-state index contributed by atoms with van der Waals surface area (Å²) in [6.07, 6.45) is 3.57. The molecule has 0 saturated heterocycles. The van der Waals surface area contributed by atoms with E-state index < -0.39 is 0 Å². The molecule has 0 aliphatic heterocycles. The summed E-state index contributed by atoms with van der Waals surface area (Å²) >= 11 is 3.32. The quantitative estimate of drug-likeness (QED) is 0.873. The van der Waals surface area contributed by atoms with Crippen LogP contribution in [-0.4, -0.2) is 9.55 Å². The van der Waals surface area contributed by atoms with E-state index in [-0.39, 0.29) is 0 Å². The van der Waals surface area contributed by atoms with Gasteiger partial charge in [0.15, 0.2) is 0 Å². The summed E-state index contributed by atoms with van der Waals surface area (Å²) in [4.78, 5) is 4.15. The molecule has 0 unspecified atom stereocenters. The molecular formula is C12H10BrN3O. The summed E-state index contributed by atoms with van der Waals surface area (Å²) in [5, 5.41) is 8.98. The van der Waals surface area contributed by atoms with Crippen LogP contribution in [0.3, 0.4) is 0 Å². The second-order valence-electron chi connectivity index (χ2n) is 3.50. The first-order valence-corrected chi connectivity index (χ1v) is 5.78. The molecule has 1 aromatic carbocycles. The number of aromatic nitrogens is 2. The van der Waals surface area contributed by atoms with Gasteiger partial charge in [-0.3, -0.25) is 0 Å². The molecule has 0 spiro atoms. The Morgan fingerprint density at radius 2 is 2.35 bits per heavy atom. The number of benzene rings is 1. The third-order valence-corrected chi connectivity index (χ3v) is 2.83. The number of ether oxygens (including phenoxy) is 1. The van der Waals surface area contributed by atoms with Crippen molar-refractivity contribution in [3.63, 3.8) is 0 Å². The van der Waals surface area contributed by atoms with E-state index in [1.54, 1.807) is 18.3 Å². The minimum absolute atomic E-state index is 0.347. The van der Waals surface area contributed by atoms with E-state index in [1.807, 2.05) is 23.9 Å². The molecule has 0 aliphatic carbocycles.